The predicted molar refractivity (Wildman–Crippen MR) is 94.0 cm³/mol. The summed E-state index contributed by atoms with van der Waals surface area (Å²) in [7, 11) is 0. The van der Waals surface area contributed by atoms with Crippen molar-refractivity contribution in [2.75, 3.05) is 0 Å². The Hall–Kier alpha value is -2.90. The normalized spacial score (nSPS) is 15.8. The van der Waals surface area contributed by atoms with Crippen LogP contribution < -0.4 is 5.73 Å². The molecule has 0 atom stereocenters. The van der Waals surface area contributed by atoms with Gasteiger partial charge in [0.15, 0.2) is 0 Å². The van der Waals surface area contributed by atoms with Crippen LogP contribution in [0, 0.1) is 5.41 Å². The maximum absolute atomic E-state index is 13.2. The summed E-state index contributed by atoms with van der Waals surface area (Å²) in [6.07, 6.45) is 0.668. The number of imidazole rings is 1. The number of nitrogens with one attached hydrogen (secondary N) is 2. The molecule has 0 spiro atoms. The first-order chi connectivity index (χ1) is 12.4. The lowest BCUT2D eigenvalue weighted by Gasteiger charge is -2.23. The van der Waals surface area contributed by atoms with E-state index in [2.05, 4.69) is 15.0 Å². The molecule has 2 heterocycles. The van der Waals surface area contributed by atoms with E-state index in [1.165, 1.54) is 6.33 Å². The number of alkyl halides is 3. The third kappa shape index (κ3) is 2.44. The van der Waals surface area contributed by atoms with Crippen molar-refractivity contribution in [2.45, 2.75) is 31.9 Å². The molecule has 0 aliphatic heterocycles. The molecule has 0 bridgehead atoms. The topological polar surface area (TPSA) is 91.4 Å². The van der Waals surface area contributed by atoms with E-state index in [0.29, 0.717) is 18.2 Å². The van der Waals surface area contributed by atoms with Gasteiger partial charge in [0.25, 0.3) is 0 Å². The minimum Gasteiger partial charge on any atom is -0.394 e. The van der Waals surface area contributed by atoms with Gasteiger partial charge in [-0.2, -0.15) is 13.2 Å². The number of H-pyrrole nitrogens is 1. The van der Waals surface area contributed by atoms with E-state index in [-0.39, 0.29) is 11.3 Å². The van der Waals surface area contributed by atoms with E-state index in [4.69, 9.17) is 11.1 Å². The lowest BCUT2D eigenvalue weighted by molar-refractivity contribution is -0.0919. The fourth-order valence-electron chi connectivity index (χ4n) is 3.71. The van der Waals surface area contributed by atoms with E-state index in [9.17, 15) is 13.2 Å². The van der Waals surface area contributed by atoms with E-state index in [0.717, 1.165) is 46.8 Å². The van der Waals surface area contributed by atoms with Gasteiger partial charge < -0.3 is 16.1 Å². The van der Waals surface area contributed by atoms with Crippen LogP contribution in [0.1, 0.15) is 29.7 Å². The number of allylic oxidation sites excluding steroid dienone is 2. The van der Waals surface area contributed by atoms with E-state index in [1.54, 1.807) is 12.1 Å². The van der Waals surface area contributed by atoms with Gasteiger partial charge >= 0.3 is 6.18 Å². The molecule has 3 aromatic rings. The van der Waals surface area contributed by atoms with Crippen molar-refractivity contribution in [3.63, 3.8) is 0 Å². The lowest BCUT2D eigenvalue weighted by atomic mass is 9.85. The average Bonchev–Trinajstić information content (AvgIpc) is 3.10. The number of hydrogen-bond donors (Lipinski definition) is 3. The van der Waals surface area contributed by atoms with E-state index < -0.39 is 11.9 Å². The molecule has 134 valence electrons. The van der Waals surface area contributed by atoms with Gasteiger partial charge in [0.1, 0.15) is 17.5 Å². The van der Waals surface area contributed by atoms with Gasteiger partial charge in [-0.1, -0.05) is 0 Å². The fourth-order valence-corrected chi connectivity index (χ4v) is 3.71. The smallest absolute Gasteiger partial charge is 0.394 e. The molecular weight excluding hydrogens is 343 g/mol. The van der Waals surface area contributed by atoms with Gasteiger partial charge in [0.05, 0.1) is 11.2 Å². The van der Waals surface area contributed by atoms with Crippen LogP contribution in [0.25, 0.3) is 27.5 Å². The second-order valence-corrected chi connectivity index (χ2v) is 6.36. The van der Waals surface area contributed by atoms with Crippen LogP contribution in [0.3, 0.4) is 0 Å². The number of nitrogens with two attached hydrogens (primary N) is 1. The molecule has 1 aromatic carbocycles. The summed E-state index contributed by atoms with van der Waals surface area (Å²) >= 11 is 0. The summed E-state index contributed by atoms with van der Waals surface area (Å²) in [6, 6.07) is 3.57. The highest BCUT2D eigenvalue weighted by Gasteiger charge is 2.35. The van der Waals surface area contributed by atoms with Crippen LogP contribution in [0.15, 0.2) is 24.2 Å². The van der Waals surface area contributed by atoms with Crippen molar-refractivity contribution in [2.24, 2.45) is 5.73 Å². The number of aromatic amines is 1. The molecule has 0 unspecified atom stereocenters. The number of nitrogens with zero attached hydrogens (tertiary/aromatic N) is 2. The molecule has 1 aliphatic carbocycles. The fraction of sp³-hybridized carbons (Fsp3) is 0.278. The molecule has 8 heteroatoms. The standard InChI is InChI=1S/C18H16F3N5/c19-18(20,21)17(23)11(7-22)15-10-4-2-1-3-9(10)14-12(26-15)5-6-13-16(14)25-8-24-13/h5-8,22,26H,1-4,23H2. The van der Waals surface area contributed by atoms with Crippen LogP contribution in [-0.2, 0) is 12.8 Å². The maximum atomic E-state index is 13.2. The van der Waals surface area contributed by atoms with Crippen molar-refractivity contribution in [1.82, 2.24) is 15.0 Å². The Morgan fingerprint density at radius 2 is 1.88 bits per heavy atom. The van der Waals surface area contributed by atoms with Crippen LogP contribution in [0.2, 0.25) is 0 Å². The molecular formula is C18H16F3N5. The SMILES string of the molecule is N=CC(=C(N)C(F)(F)F)c1[nH]c2ccc3ncnc3c2c2c1CCCC2. The third-order valence-electron chi connectivity index (χ3n) is 4.88. The number of benzene rings is 1. The summed E-state index contributed by atoms with van der Waals surface area (Å²) in [4.78, 5) is 11.6. The quantitative estimate of drug-likeness (QED) is 0.607. The number of halogens is 3. The summed E-state index contributed by atoms with van der Waals surface area (Å²) in [5.74, 6) is 0. The first-order valence-corrected chi connectivity index (χ1v) is 8.26. The van der Waals surface area contributed by atoms with Crippen LogP contribution in [-0.4, -0.2) is 27.3 Å². The zero-order valence-corrected chi connectivity index (χ0v) is 13.7. The number of pyridine rings is 1. The highest BCUT2D eigenvalue weighted by molar-refractivity contribution is 6.12. The Labute approximate surface area is 146 Å². The van der Waals surface area contributed by atoms with Gasteiger partial charge in [-0.15, -0.1) is 0 Å². The van der Waals surface area contributed by atoms with Crippen LogP contribution in [0.5, 0.6) is 0 Å². The van der Waals surface area contributed by atoms with Gasteiger partial charge in [0, 0.05) is 22.7 Å². The minimum atomic E-state index is -4.70. The number of aromatic nitrogens is 3. The zero-order valence-electron chi connectivity index (χ0n) is 13.7. The average molecular weight is 359 g/mol. The molecule has 0 saturated carbocycles. The number of fused-ring (bicyclic) bond motifs is 5. The highest BCUT2D eigenvalue weighted by atomic mass is 19.4. The molecule has 2 aromatic heterocycles. The van der Waals surface area contributed by atoms with Crippen LogP contribution >= 0.6 is 0 Å². The summed E-state index contributed by atoms with van der Waals surface area (Å²) in [6.45, 7) is 0. The monoisotopic (exact) mass is 359 g/mol. The summed E-state index contributed by atoms with van der Waals surface area (Å²) in [5, 5.41) is 8.43. The van der Waals surface area contributed by atoms with Crippen molar-refractivity contribution < 1.29 is 13.2 Å². The molecule has 1 aliphatic rings. The second-order valence-electron chi connectivity index (χ2n) is 6.36. The van der Waals surface area contributed by atoms with Crippen molar-refractivity contribution in [3.05, 3.63) is 41.0 Å². The Morgan fingerprint density at radius 1 is 1.15 bits per heavy atom. The van der Waals surface area contributed by atoms with Gasteiger partial charge in [-0.3, -0.25) is 0 Å². The number of hydrogen-bond acceptors (Lipinski definition) is 4. The Kier molecular flexibility index (Phi) is 3.71. The summed E-state index contributed by atoms with van der Waals surface area (Å²) in [5.41, 5.74) is 7.96. The summed E-state index contributed by atoms with van der Waals surface area (Å²) < 4.78 is 39.5. The van der Waals surface area contributed by atoms with E-state index in [1.807, 2.05) is 0 Å². The van der Waals surface area contributed by atoms with Crippen molar-refractivity contribution in [3.8, 4) is 0 Å². The Morgan fingerprint density at radius 3 is 2.58 bits per heavy atom. The van der Waals surface area contributed by atoms with Gasteiger partial charge in [0.2, 0.25) is 0 Å². The van der Waals surface area contributed by atoms with Crippen LogP contribution in [0.4, 0.5) is 13.2 Å². The number of aryl methyl sites for hydroxylation is 1. The molecule has 5 nitrogen and oxygen atoms in total. The lowest BCUT2D eigenvalue weighted by Crippen LogP contribution is -2.23. The largest absolute Gasteiger partial charge is 0.431 e. The molecule has 26 heavy (non-hydrogen) atoms. The maximum Gasteiger partial charge on any atom is 0.431 e. The Bertz CT molecular complexity index is 1060. The third-order valence-corrected chi connectivity index (χ3v) is 4.88. The molecule has 0 amide bonds. The van der Waals surface area contributed by atoms with Gasteiger partial charge in [-0.05, 0) is 48.9 Å². The first-order valence-electron chi connectivity index (χ1n) is 8.26. The molecule has 0 fully saturated rings. The molecule has 0 radical (unpaired) electrons. The van der Waals surface area contributed by atoms with Crippen molar-refractivity contribution >= 4 is 33.7 Å². The minimum absolute atomic E-state index is 0.274. The second kappa shape index (κ2) is 5.82. The van der Waals surface area contributed by atoms with Crippen molar-refractivity contribution in [1.29, 1.82) is 5.41 Å². The zero-order chi connectivity index (χ0) is 18.5. The van der Waals surface area contributed by atoms with E-state index >= 15 is 0 Å². The first kappa shape index (κ1) is 16.6. The highest BCUT2D eigenvalue weighted by Crippen LogP contribution is 2.37. The van der Waals surface area contributed by atoms with Gasteiger partial charge in [-0.25, -0.2) is 9.97 Å². The Balaban J connectivity index is 2.11. The molecule has 4 rings (SSSR count). The molecule has 0 saturated heterocycles. The molecule has 4 N–H and O–H groups in total. The number of rotatable bonds is 2. The predicted octanol–water partition coefficient (Wildman–Crippen LogP) is 3.87.